The van der Waals surface area contributed by atoms with E-state index in [4.69, 9.17) is 4.74 Å². The van der Waals surface area contributed by atoms with Gasteiger partial charge in [-0.2, -0.15) is 13.2 Å². The summed E-state index contributed by atoms with van der Waals surface area (Å²) >= 11 is 0. The third-order valence-electron chi connectivity index (χ3n) is 5.56. The predicted molar refractivity (Wildman–Crippen MR) is 129 cm³/mol. The first-order valence-electron chi connectivity index (χ1n) is 11.1. The number of anilines is 2. The Morgan fingerprint density at radius 1 is 0.917 bits per heavy atom. The molecule has 0 saturated carbocycles. The second-order valence-electron chi connectivity index (χ2n) is 8.25. The number of alkyl halides is 3. The molecule has 190 valence electrons. The second-order valence-corrected chi connectivity index (χ2v) is 9.93. The number of ether oxygens (including phenoxy) is 1. The molecule has 1 aliphatic rings. The second kappa shape index (κ2) is 10.7. The molecule has 7 nitrogen and oxygen atoms in total. The van der Waals surface area contributed by atoms with Gasteiger partial charge in [0.25, 0.3) is 15.9 Å². The summed E-state index contributed by atoms with van der Waals surface area (Å²) in [5, 5.41) is 2.73. The maximum absolute atomic E-state index is 12.9. The van der Waals surface area contributed by atoms with E-state index in [1.807, 2.05) is 12.1 Å². The van der Waals surface area contributed by atoms with Gasteiger partial charge < -0.3 is 10.1 Å². The van der Waals surface area contributed by atoms with Crippen molar-refractivity contribution in [2.75, 3.05) is 36.3 Å². The van der Waals surface area contributed by atoms with Crippen molar-refractivity contribution in [3.05, 3.63) is 89.5 Å². The van der Waals surface area contributed by atoms with E-state index in [0.717, 1.165) is 36.9 Å². The van der Waals surface area contributed by atoms with Crippen LogP contribution in [0.3, 0.4) is 0 Å². The van der Waals surface area contributed by atoms with E-state index in [0.29, 0.717) is 31.0 Å². The third kappa shape index (κ3) is 6.62. The van der Waals surface area contributed by atoms with Crippen molar-refractivity contribution in [3.63, 3.8) is 0 Å². The molecule has 1 heterocycles. The minimum absolute atomic E-state index is 0.162. The number of hydrogen-bond acceptors (Lipinski definition) is 5. The first-order chi connectivity index (χ1) is 17.1. The normalized spacial score (nSPS) is 14.9. The van der Waals surface area contributed by atoms with Gasteiger partial charge in [0, 0.05) is 36.6 Å². The summed E-state index contributed by atoms with van der Waals surface area (Å²) < 4.78 is 71.5. The Labute approximate surface area is 206 Å². The lowest BCUT2D eigenvalue weighted by molar-refractivity contribution is -0.137. The molecule has 0 atom stereocenters. The largest absolute Gasteiger partial charge is 0.416 e. The van der Waals surface area contributed by atoms with E-state index < -0.39 is 21.8 Å². The molecule has 2 N–H and O–H groups in total. The zero-order chi connectivity index (χ0) is 25.8. The maximum Gasteiger partial charge on any atom is 0.416 e. The van der Waals surface area contributed by atoms with Crippen LogP contribution >= 0.6 is 0 Å². The number of morpholine rings is 1. The summed E-state index contributed by atoms with van der Waals surface area (Å²) in [5.74, 6) is -0.350. The Kier molecular flexibility index (Phi) is 7.62. The highest BCUT2D eigenvalue weighted by Crippen LogP contribution is 2.31. The highest BCUT2D eigenvalue weighted by atomic mass is 32.2. The number of nitrogens with zero attached hydrogens (tertiary/aromatic N) is 1. The van der Waals surface area contributed by atoms with Crippen molar-refractivity contribution < 1.29 is 31.1 Å². The Bertz CT molecular complexity index is 1320. The third-order valence-corrected chi connectivity index (χ3v) is 6.96. The summed E-state index contributed by atoms with van der Waals surface area (Å²) in [6.07, 6.45) is -4.59. The van der Waals surface area contributed by atoms with Gasteiger partial charge in [0.05, 0.1) is 23.7 Å². The van der Waals surface area contributed by atoms with E-state index in [9.17, 15) is 26.4 Å². The molecular weight excluding hydrogens is 495 g/mol. The summed E-state index contributed by atoms with van der Waals surface area (Å²) in [6, 6.07) is 16.5. The van der Waals surface area contributed by atoms with Crippen molar-refractivity contribution >= 4 is 27.3 Å². The minimum Gasteiger partial charge on any atom is -0.379 e. The Morgan fingerprint density at radius 2 is 1.61 bits per heavy atom. The molecule has 0 radical (unpaired) electrons. The fourth-order valence-electron chi connectivity index (χ4n) is 3.72. The van der Waals surface area contributed by atoms with Crippen LogP contribution in [0.4, 0.5) is 24.5 Å². The van der Waals surface area contributed by atoms with Crippen molar-refractivity contribution in [2.45, 2.75) is 17.6 Å². The molecule has 0 aromatic heterocycles. The molecule has 0 bridgehead atoms. The molecule has 3 aromatic rings. The molecule has 1 aliphatic heterocycles. The lowest BCUT2D eigenvalue weighted by Crippen LogP contribution is -2.35. The number of carbonyl (C=O) groups is 1. The van der Waals surface area contributed by atoms with E-state index in [1.165, 1.54) is 30.3 Å². The van der Waals surface area contributed by atoms with Crippen LogP contribution in [0.15, 0.2) is 77.7 Å². The monoisotopic (exact) mass is 519 g/mol. The Hall–Kier alpha value is -3.41. The highest BCUT2D eigenvalue weighted by Gasteiger charge is 2.30. The number of benzene rings is 3. The van der Waals surface area contributed by atoms with Gasteiger partial charge >= 0.3 is 6.18 Å². The van der Waals surface area contributed by atoms with Gasteiger partial charge in [-0.15, -0.1) is 0 Å². The van der Waals surface area contributed by atoms with Gasteiger partial charge in [0.15, 0.2) is 0 Å². The quantitative estimate of drug-likeness (QED) is 0.477. The Morgan fingerprint density at radius 3 is 2.31 bits per heavy atom. The smallest absolute Gasteiger partial charge is 0.379 e. The maximum atomic E-state index is 12.9. The van der Waals surface area contributed by atoms with Crippen LogP contribution in [0.25, 0.3) is 0 Å². The van der Waals surface area contributed by atoms with Crippen molar-refractivity contribution in [3.8, 4) is 0 Å². The van der Waals surface area contributed by atoms with Gasteiger partial charge in [-0.25, -0.2) is 8.42 Å². The molecule has 4 rings (SSSR count). The summed E-state index contributed by atoms with van der Waals surface area (Å²) in [5.41, 5.74) is 0.654. The zero-order valence-electron chi connectivity index (χ0n) is 19.1. The number of sulfonamides is 1. The molecule has 3 aromatic carbocycles. The molecular formula is C25H24F3N3O4S. The van der Waals surface area contributed by atoms with Gasteiger partial charge in [0.1, 0.15) is 0 Å². The van der Waals surface area contributed by atoms with Crippen LogP contribution in [-0.2, 0) is 27.5 Å². The molecule has 1 saturated heterocycles. The molecule has 36 heavy (non-hydrogen) atoms. The lowest BCUT2D eigenvalue weighted by Gasteiger charge is -2.26. The minimum atomic E-state index is -4.59. The first-order valence-corrected chi connectivity index (χ1v) is 12.6. The Balaban J connectivity index is 1.41. The number of hydrogen-bond donors (Lipinski definition) is 2. The molecule has 1 amide bonds. The van der Waals surface area contributed by atoms with Gasteiger partial charge in [-0.3, -0.25) is 14.4 Å². The molecule has 0 aliphatic carbocycles. The van der Waals surface area contributed by atoms with Gasteiger partial charge in [-0.1, -0.05) is 18.2 Å². The van der Waals surface area contributed by atoms with Crippen LogP contribution in [0.2, 0.25) is 0 Å². The lowest BCUT2D eigenvalue weighted by atomic mass is 10.1. The highest BCUT2D eigenvalue weighted by molar-refractivity contribution is 7.92. The van der Waals surface area contributed by atoms with Crippen LogP contribution in [0.5, 0.6) is 0 Å². The summed E-state index contributed by atoms with van der Waals surface area (Å²) in [7, 11) is -4.14. The van der Waals surface area contributed by atoms with E-state index >= 15 is 0 Å². The topological polar surface area (TPSA) is 87.7 Å². The number of carbonyl (C=O) groups excluding carboxylic acids is 1. The molecule has 1 fully saturated rings. The number of halogens is 3. The van der Waals surface area contributed by atoms with Crippen molar-refractivity contribution in [1.29, 1.82) is 0 Å². The van der Waals surface area contributed by atoms with Crippen molar-refractivity contribution in [2.24, 2.45) is 0 Å². The average Bonchev–Trinajstić information content (AvgIpc) is 2.84. The van der Waals surface area contributed by atoms with Crippen LogP contribution < -0.4 is 10.0 Å². The fourth-order valence-corrected chi connectivity index (χ4v) is 4.77. The van der Waals surface area contributed by atoms with Crippen LogP contribution in [0, 0.1) is 0 Å². The standard InChI is InChI=1S/C25H24F3N3O4S/c26-25(27,28)20-5-2-6-22(16-20)30-36(33,34)23-9-7-21(8-10-23)29-24(32)19-4-1-3-18(15-19)17-31-11-13-35-14-12-31/h1-10,15-16,30H,11-14,17H2,(H,29,32). The van der Waals surface area contributed by atoms with E-state index in [-0.39, 0.29) is 16.5 Å². The summed E-state index contributed by atoms with van der Waals surface area (Å²) in [4.78, 5) is 14.8. The molecule has 0 spiro atoms. The average molecular weight is 520 g/mol. The molecule has 11 heteroatoms. The van der Waals surface area contributed by atoms with Gasteiger partial charge in [0.2, 0.25) is 0 Å². The summed E-state index contributed by atoms with van der Waals surface area (Å²) in [6.45, 7) is 3.72. The molecule has 0 unspecified atom stereocenters. The van der Waals surface area contributed by atoms with Gasteiger partial charge in [-0.05, 0) is 60.2 Å². The number of rotatable bonds is 7. The van der Waals surface area contributed by atoms with E-state index in [2.05, 4.69) is 14.9 Å². The number of amides is 1. The van der Waals surface area contributed by atoms with E-state index in [1.54, 1.807) is 12.1 Å². The van der Waals surface area contributed by atoms with Crippen LogP contribution in [-0.4, -0.2) is 45.5 Å². The number of nitrogens with one attached hydrogen (secondary N) is 2. The van der Waals surface area contributed by atoms with Crippen LogP contribution in [0.1, 0.15) is 21.5 Å². The fraction of sp³-hybridized carbons (Fsp3) is 0.240. The zero-order valence-corrected chi connectivity index (χ0v) is 19.9. The predicted octanol–water partition coefficient (Wildman–Crippen LogP) is 4.59. The van der Waals surface area contributed by atoms with Crippen molar-refractivity contribution in [1.82, 2.24) is 4.90 Å². The first kappa shape index (κ1) is 25.7. The SMILES string of the molecule is O=C(Nc1ccc(S(=O)(=O)Nc2cccc(C(F)(F)F)c2)cc1)c1cccc(CN2CCOCC2)c1.